The summed E-state index contributed by atoms with van der Waals surface area (Å²) in [5, 5.41) is 11.5. The summed E-state index contributed by atoms with van der Waals surface area (Å²) < 4.78 is 0. The number of nitrogens with one attached hydrogen (secondary N) is 1. The Morgan fingerprint density at radius 3 is 2.18 bits per heavy atom. The van der Waals surface area contributed by atoms with Gasteiger partial charge in [0.15, 0.2) is 0 Å². The fourth-order valence-electron chi connectivity index (χ4n) is 1.49. The second kappa shape index (κ2) is 8.84. The van der Waals surface area contributed by atoms with Crippen molar-refractivity contribution in [2.24, 2.45) is 5.92 Å². The second-order valence-corrected chi connectivity index (χ2v) is 4.25. The van der Waals surface area contributed by atoms with Crippen LogP contribution in [0.15, 0.2) is 0 Å². The summed E-state index contributed by atoms with van der Waals surface area (Å²) in [6, 6.07) is -0.0914. The Balaban J connectivity index is 3.92. The van der Waals surface area contributed by atoms with Crippen molar-refractivity contribution in [3.8, 4) is 0 Å². The van der Waals surface area contributed by atoms with Crippen molar-refractivity contribution in [1.82, 2.24) is 10.2 Å². The van der Waals surface area contributed by atoms with Crippen molar-refractivity contribution in [3.05, 3.63) is 0 Å². The molecule has 100 valence electrons. The van der Waals surface area contributed by atoms with Gasteiger partial charge in [-0.15, -0.1) is 0 Å². The highest BCUT2D eigenvalue weighted by Crippen LogP contribution is 2.00. The van der Waals surface area contributed by atoms with Gasteiger partial charge < -0.3 is 15.3 Å². The Bertz CT molecular complexity index is 238. The Hall–Kier alpha value is -1.26. The largest absolute Gasteiger partial charge is 0.481 e. The maximum absolute atomic E-state index is 11.7. The molecule has 0 aliphatic rings. The highest BCUT2D eigenvalue weighted by molar-refractivity contribution is 5.74. The maximum atomic E-state index is 11.7. The van der Waals surface area contributed by atoms with Gasteiger partial charge >= 0.3 is 12.0 Å². The number of amides is 2. The number of nitrogens with zero attached hydrogens (tertiary/aromatic N) is 1. The number of carbonyl (C=O) groups is 2. The molecule has 0 spiro atoms. The van der Waals surface area contributed by atoms with Crippen LogP contribution in [0.2, 0.25) is 0 Å². The zero-order valence-electron chi connectivity index (χ0n) is 11.0. The first-order valence-corrected chi connectivity index (χ1v) is 6.28. The highest BCUT2D eigenvalue weighted by atomic mass is 16.4. The molecule has 0 radical (unpaired) electrons. The van der Waals surface area contributed by atoms with E-state index in [1.165, 1.54) is 0 Å². The third-order valence-electron chi connectivity index (χ3n) is 2.55. The van der Waals surface area contributed by atoms with E-state index in [0.717, 1.165) is 25.9 Å². The Morgan fingerprint density at radius 1 is 1.24 bits per heavy atom. The zero-order valence-corrected chi connectivity index (χ0v) is 11.0. The highest BCUT2D eigenvalue weighted by Gasteiger charge is 2.13. The summed E-state index contributed by atoms with van der Waals surface area (Å²) in [5.41, 5.74) is 0. The Morgan fingerprint density at radius 2 is 1.76 bits per heavy atom. The molecule has 1 atom stereocenters. The summed E-state index contributed by atoms with van der Waals surface area (Å²) in [6.07, 6.45) is 2.32. The molecule has 0 aromatic carbocycles. The SMILES string of the molecule is CCCN(CCC)C(=O)NCCC(C)C(=O)O. The molecule has 0 rings (SSSR count). The molecule has 5 nitrogen and oxygen atoms in total. The third-order valence-corrected chi connectivity index (χ3v) is 2.55. The van der Waals surface area contributed by atoms with Gasteiger partial charge in [0.25, 0.3) is 0 Å². The van der Waals surface area contributed by atoms with Crippen LogP contribution in [0.3, 0.4) is 0 Å². The molecule has 0 saturated carbocycles. The molecular weight excluding hydrogens is 220 g/mol. The van der Waals surface area contributed by atoms with Crippen LogP contribution in [-0.4, -0.2) is 41.6 Å². The monoisotopic (exact) mass is 244 g/mol. The van der Waals surface area contributed by atoms with Crippen LogP contribution in [0.25, 0.3) is 0 Å². The van der Waals surface area contributed by atoms with Crippen molar-refractivity contribution >= 4 is 12.0 Å². The Kier molecular flexibility index (Phi) is 8.19. The average Bonchev–Trinajstić information content (AvgIpc) is 2.28. The predicted molar refractivity (Wildman–Crippen MR) is 67.0 cm³/mol. The third kappa shape index (κ3) is 6.81. The lowest BCUT2D eigenvalue weighted by molar-refractivity contribution is -0.141. The molecule has 2 N–H and O–H groups in total. The predicted octanol–water partition coefficient (Wildman–Crippen LogP) is 1.93. The molecule has 2 amide bonds. The summed E-state index contributed by atoms with van der Waals surface area (Å²) in [4.78, 5) is 24.1. The van der Waals surface area contributed by atoms with Crippen molar-refractivity contribution in [2.75, 3.05) is 19.6 Å². The molecule has 0 aliphatic carbocycles. The quantitative estimate of drug-likeness (QED) is 0.685. The van der Waals surface area contributed by atoms with Crippen molar-refractivity contribution in [2.45, 2.75) is 40.0 Å². The van der Waals surface area contributed by atoms with E-state index >= 15 is 0 Å². The number of urea groups is 1. The lowest BCUT2D eigenvalue weighted by Gasteiger charge is -2.22. The van der Waals surface area contributed by atoms with E-state index < -0.39 is 11.9 Å². The number of aliphatic carboxylic acids is 1. The van der Waals surface area contributed by atoms with Crippen LogP contribution in [-0.2, 0) is 4.79 Å². The molecular formula is C12H24N2O3. The van der Waals surface area contributed by atoms with Crippen LogP contribution in [0.4, 0.5) is 4.79 Å². The van der Waals surface area contributed by atoms with Gasteiger partial charge in [-0.1, -0.05) is 20.8 Å². The summed E-state index contributed by atoms with van der Waals surface area (Å²) in [5.74, 6) is -1.24. The number of carbonyl (C=O) groups excluding carboxylic acids is 1. The average molecular weight is 244 g/mol. The van der Waals surface area contributed by atoms with Crippen molar-refractivity contribution in [3.63, 3.8) is 0 Å². The van der Waals surface area contributed by atoms with E-state index in [2.05, 4.69) is 5.32 Å². The summed E-state index contributed by atoms with van der Waals surface area (Å²) in [6.45, 7) is 7.60. The topological polar surface area (TPSA) is 69.6 Å². The smallest absolute Gasteiger partial charge is 0.317 e. The number of carboxylic acids is 1. The van der Waals surface area contributed by atoms with E-state index in [4.69, 9.17) is 5.11 Å². The molecule has 0 saturated heterocycles. The van der Waals surface area contributed by atoms with Gasteiger partial charge in [-0.3, -0.25) is 4.79 Å². The minimum absolute atomic E-state index is 0.0914. The molecule has 5 heteroatoms. The second-order valence-electron chi connectivity index (χ2n) is 4.25. The lowest BCUT2D eigenvalue weighted by Crippen LogP contribution is -2.41. The van der Waals surface area contributed by atoms with Gasteiger partial charge in [-0.05, 0) is 19.3 Å². The fourth-order valence-corrected chi connectivity index (χ4v) is 1.49. The van der Waals surface area contributed by atoms with Gasteiger partial charge in [0.1, 0.15) is 0 Å². The van der Waals surface area contributed by atoms with Crippen molar-refractivity contribution < 1.29 is 14.7 Å². The van der Waals surface area contributed by atoms with E-state index in [-0.39, 0.29) is 6.03 Å². The van der Waals surface area contributed by atoms with Gasteiger partial charge in [0.2, 0.25) is 0 Å². The molecule has 0 heterocycles. The van der Waals surface area contributed by atoms with Crippen molar-refractivity contribution in [1.29, 1.82) is 0 Å². The number of rotatable bonds is 8. The summed E-state index contributed by atoms with van der Waals surface area (Å²) in [7, 11) is 0. The first kappa shape index (κ1) is 15.7. The number of carboxylic acid groups (broad SMARTS) is 1. The van der Waals surface area contributed by atoms with Gasteiger partial charge in [-0.2, -0.15) is 0 Å². The minimum atomic E-state index is -0.821. The normalized spacial score (nSPS) is 11.9. The molecule has 17 heavy (non-hydrogen) atoms. The molecule has 0 bridgehead atoms. The van der Waals surface area contributed by atoms with Gasteiger partial charge in [0.05, 0.1) is 5.92 Å². The molecule has 0 aliphatic heterocycles. The van der Waals surface area contributed by atoms with Crippen LogP contribution >= 0.6 is 0 Å². The van der Waals surface area contributed by atoms with Crippen LogP contribution in [0.1, 0.15) is 40.0 Å². The first-order chi connectivity index (χ1) is 8.02. The molecule has 1 unspecified atom stereocenters. The first-order valence-electron chi connectivity index (χ1n) is 6.28. The van der Waals surface area contributed by atoms with Crippen LogP contribution in [0, 0.1) is 5.92 Å². The molecule has 0 fully saturated rings. The summed E-state index contributed by atoms with van der Waals surface area (Å²) >= 11 is 0. The van der Waals surface area contributed by atoms with Gasteiger partial charge in [-0.25, -0.2) is 4.79 Å². The van der Waals surface area contributed by atoms with Gasteiger partial charge in [0, 0.05) is 19.6 Å². The van der Waals surface area contributed by atoms with E-state index in [1.54, 1.807) is 11.8 Å². The molecule has 0 aromatic heterocycles. The fraction of sp³-hybridized carbons (Fsp3) is 0.833. The maximum Gasteiger partial charge on any atom is 0.317 e. The molecule has 0 aromatic rings. The van der Waals surface area contributed by atoms with E-state index in [0.29, 0.717) is 13.0 Å². The zero-order chi connectivity index (χ0) is 13.3. The standard InChI is InChI=1S/C12H24N2O3/c1-4-8-14(9-5-2)12(17)13-7-6-10(3)11(15)16/h10H,4-9H2,1-3H3,(H,13,17)(H,15,16). The Labute approximate surface area is 103 Å². The number of hydrogen-bond acceptors (Lipinski definition) is 2. The van der Waals surface area contributed by atoms with Crippen LogP contribution in [0.5, 0.6) is 0 Å². The van der Waals surface area contributed by atoms with E-state index in [1.807, 2.05) is 13.8 Å². The van der Waals surface area contributed by atoms with Crippen LogP contribution < -0.4 is 5.32 Å². The minimum Gasteiger partial charge on any atom is -0.481 e. The van der Waals surface area contributed by atoms with E-state index in [9.17, 15) is 9.59 Å². The number of hydrogen-bond donors (Lipinski definition) is 2. The lowest BCUT2D eigenvalue weighted by atomic mass is 10.1.